The second kappa shape index (κ2) is 23.2. The Labute approximate surface area is 370 Å². The van der Waals surface area contributed by atoms with Crippen LogP contribution in [-0.2, 0) is 57.0 Å². The van der Waals surface area contributed by atoms with E-state index in [4.69, 9.17) is 42.6 Å². The Morgan fingerprint density at radius 3 is 1.14 bits per heavy atom. The molecule has 28 nitrogen and oxygen atoms in total. The average Bonchev–Trinajstić information content (AvgIpc) is 3.25. The summed E-state index contributed by atoms with van der Waals surface area (Å²) in [7, 11) is 0. The molecule has 0 aliphatic carbocycles. The van der Waals surface area contributed by atoms with Gasteiger partial charge in [-0.25, -0.2) is 0 Å². The van der Waals surface area contributed by atoms with Crippen molar-refractivity contribution in [1.82, 2.24) is 16.0 Å². The Morgan fingerprint density at radius 1 is 0.385 bits per heavy atom. The molecular weight excluding hydrogens is 886 g/mol. The van der Waals surface area contributed by atoms with Crippen LogP contribution in [0.3, 0.4) is 0 Å². The van der Waals surface area contributed by atoms with E-state index in [9.17, 15) is 80.8 Å². The number of rotatable bonds is 16. The zero-order valence-corrected chi connectivity index (χ0v) is 35.7. The largest absolute Gasteiger partial charge is 0.394 e. The molecule has 25 atom stereocenters. The van der Waals surface area contributed by atoms with Gasteiger partial charge in [0.05, 0.1) is 45.2 Å². The number of amides is 3. The lowest BCUT2D eigenvalue weighted by molar-refractivity contribution is -0.380. The number of hydrogen-bond acceptors (Lipinski definition) is 25. The van der Waals surface area contributed by atoms with Gasteiger partial charge in [0.25, 0.3) is 0 Å². The second-order valence-corrected chi connectivity index (χ2v) is 16.5. The van der Waals surface area contributed by atoms with Gasteiger partial charge in [-0.2, -0.15) is 0 Å². The van der Waals surface area contributed by atoms with Crippen molar-refractivity contribution < 1.29 is 123 Å². The molecule has 5 fully saturated rings. The number of hydrogen-bond donors (Lipinski definition) is 16. The molecule has 28 heteroatoms. The summed E-state index contributed by atoms with van der Waals surface area (Å²) in [5.41, 5.74) is 0. The highest BCUT2D eigenvalue weighted by atomic mass is 16.8. The molecule has 65 heavy (non-hydrogen) atoms. The number of aliphatic hydroxyl groups excluding tert-OH is 13. The van der Waals surface area contributed by atoms with Crippen molar-refractivity contribution in [3.63, 3.8) is 0 Å². The number of nitrogens with one attached hydrogen (secondary N) is 3. The van der Waals surface area contributed by atoms with E-state index in [1.807, 2.05) is 0 Å². The third-order valence-electron chi connectivity index (χ3n) is 11.8. The normalized spacial score (nSPS) is 47.1. The summed E-state index contributed by atoms with van der Waals surface area (Å²) >= 11 is 0. The Morgan fingerprint density at radius 2 is 0.708 bits per heavy atom. The SMILES string of the molecule is CC(=O)NC1[C@H](O[C@@H]2C(O)[C@H](O[C@@H]3C(CO)O[C@@H](O[C@@H]4C(O)[C@H](O[C@@H]5C(NC(C)=O)[C@H](C)OC(CO)[C@@H]5O)OC(CO)[C@@H]4O)C(NC(C)=O)[C@H]3O)OC(CO)[C@@H]2O)OC(CO)[C@@H](O)[C@@H]1O. The molecule has 3 amide bonds. The molecule has 5 heterocycles. The second-order valence-electron chi connectivity index (χ2n) is 16.5. The lowest BCUT2D eigenvalue weighted by Gasteiger charge is -2.50. The first-order valence-electron chi connectivity index (χ1n) is 20.9. The van der Waals surface area contributed by atoms with Gasteiger partial charge in [-0.3, -0.25) is 14.4 Å². The summed E-state index contributed by atoms with van der Waals surface area (Å²) in [6.07, 6.45) is -38.0. The van der Waals surface area contributed by atoms with Crippen LogP contribution in [0.1, 0.15) is 27.7 Å². The Hall–Kier alpha value is -2.47. The van der Waals surface area contributed by atoms with Crippen molar-refractivity contribution in [2.24, 2.45) is 0 Å². The number of ether oxygens (including phenoxy) is 9. The lowest BCUT2D eigenvalue weighted by Crippen LogP contribution is -2.70. The Bertz CT molecular complexity index is 1560. The molecule has 16 N–H and O–H groups in total. The molecule has 5 rings (SSSR count). The van der Waals surface area contributed by atoms with Crippen LogP contribution in [0.4, 0.5) is 0 Å². The van der Waals surface area contributed by atoms with Crippen molar-refractivity contribution >= 4 is 17.7 Å². The number of aliphatic hydroxyl groups is 13. The molecule has 10 unspecified atom stereocenters. The van der Waals surface area contributed by atoms with Crippen LogP contribution >= 0.6 is 0 Å². The predicted molar refractivity (Wildman–Crippen MR) is 205 cm³/mol. The molecular formula is C37H63N3O25. The van der Waals surface area contributed by atoms with E-state index in [0.29, 0.717) is 0 Å². The maximum absolute atomic E-state index is 12.5. The molecule has 0 bridgehead atoms. The molecule has 0 aromatic rings. The van der Waals surface area contributed by atoms with Crippen LogP contribution in [0, 0.1) is 0 Å². The van der Waals surface area contributed by atoms with E-state index >= 15 is 0 Å². The summed E-state index contributed by atoms with van der Waals surface area (Å²) in [6.45, 7) is 0.439. The summed E-state index contributed by atoms with van der Waals surface area (Å²) in [5, 5.41) is 147. The lowest BCUT2D eigenvalue weighted by atomic mass is 9.92. The first kappa shape index (κ1) is 53.5. The van der Waals surface area contributed by atoms with Gasteiger partial charge in [0.1, 0.15) is 116 Å². The molecule has 5 aliphatic heterocycles. The van der Waals surface area contributed by atoms with Crippen molar-refractivity contribution in [2.75, 3.05) is 33.0 Å². The van der Waals surface area contributed by atoms with Crippen molar-refractivity contribution in [1.29, 1.82) is 0 Å². The maximum atomic E-state index is 12.5. The molecule has 0 aromatic heterocycles. The summed E-state index contributed by atoms with van der Waals surface area (Å²) < 4.78 is 52.0. The van der Waals surface area contributed by atoms with E-state index in [0.717, 1.165) is 13.8 Å². The average molecular weight is 950 g/mol. The minimum Gasteiger partial charge on any atom is -0.394 e. The molecule has 0 aromatic carbocycles. The van der Waals surface area contributed by atoms with E-state index in [1.165, 1.54) is 13.8 Å². The third-order valence-corrected chi connectivity index (χ3v) is 11.8. The smallest absolute Gasteiger partial charge is 0.217 e. The zero-order valence-electron chi connectivity index (χ0n) is 35.7. The van der Waals surface area contributed by atoms with Gasteiger partial charge < -0.3 is 125 Å². The van der Waals surface area contributed by atoms with Crippen LogP contribution in [0.15, 0.2) is 0 Å². The van der Waals surface area contributed by atoms with Crippen LogP contribution in [0.25, 0.3) is 0 Å². The molecule has 376 valence electrons. The fraction of sp³-hybridized carbons (Fsp3) is 0.919. The van der Waals surface area contributed by atoms with E-state index in [2.05, 4.69) is 16.0 Å². The highest BCUT2D eigenvalue weighted by Gasteiger charge is 2.57. The van der Waals surface area contributed by atoms with Gasteiger partial charge in [0.15, 0.2) is 25.2 Å². The molecule has 0 spiro atoms. The highest BCUT2D eigenvalue weighted by Crippen LogP contribution is 2.36. The van der Waals surface area contributed by atoms with E-state index in [-0.39, 0.29) is 0 Å². The number of carbonyl (C=O) groups is 3. The molecule has 0 radical (unpaired) electrons. The van der Waals surface area contributed by atoms with Crippen molar-refractivity contribution in [2.45, 2.75) is 181 Å². The Balaban J connectivity index is 1.38. The van der Waals surface area contributed by atoms with E-state index < -0.39 is 204 Å². The van der Waals surface area contributed by atoms with Gasteiger partial charge in [-0.1, -0.05) is 0 Å². The summed E-state index contributed by atoms with van der Waals surface area (Å²) in [5.74, 6) is -2.09. The first-order chi connectivity index (χ1) is 30.7. The summed E-state index contributed by atoms with van der Waals surface area (Å²) in [6, 6.07) is -4.35. The fourth-order valence-electron chi connectivity index (χ4n) is 8.48. The fourth-order valence-corrected chi connectivity index (χ4v) is 8.48. The quantitative estimate of drug-likeness (QED) is 0.0683. The van der Waals surface area contributed by atoms with Crippen LogP contribution in [-0.4, -0.2) is 270 Å². The zero-order chi connectivity index (χ0) is 48.2. The predicted octanol–water partition coefficient (Wildman–Crippen LogP) is -10.4. The van der Waals surface area contributed by atoms with Gasteiger partial charge in [-0.15, -0.1) is 0 Å². The van der Waals surface area contributed by atoms with Gasteiger partial charge in [0.2, 0.25) is 17.7 Å². The van der Waals surface area contributed by atoms with Crippen LogP contribution in [0.2, 0.25) is 0 Å². The van der Waals surface area contributed by atoms with Crippen LogP contribution in [0.5, 0.6) is 0 Å². The summed E-state index contributed by atoms with van der Waals surface area (Å²) in [4.78, 5) is 36.6. The van der Waals surface area contributed by atoms with Gasteiger partial charge >= 0.3 is 0 Å². The highest BCUT2D eigenvalue weighted by molar-refractivity contribution is 5.74. The minimum absolute atomic E-state index is 0.560. The Kier molecular flexibility index (Phi) is 19.1. The topological polar surface area (TPSA) is 433 Å². The maximum Gasteiger partial charge on any atom is 0.217 e. The minimum atomic E-state index is -2.10. The van der Waals surface area contributed by atoms with Gasteiger partial charge in [0, 0.05) is 20.8 Å². The number of carbonyl (C=O) groups excluding carboxylic acids is 3. The van der Waals surface area contributed by atoms with Crippen molar-refractivity contribution in [3.8, 4) is 0 Å². The molecule has 0 saturated carbocycles. The monoisotopic (exact) mass is 949 g/mol. The van der Waals surface area contributed by atoms with Gasteiger partial charge in [-0.05, 0) is 6.92 Å². The van der Waals surface area contributed by atoms with Crippen molar-refractivity contribution in [3.05, 3.63) is 0 Å². The first-order valence-corrected chi connectivity index (χ1v) is 20.9. The standard InChI is InChI=1S/C37H63N3O25/c1-10-19(38-11(2)46)31(23(50)15(6-42)57-10)63-37-29(56)33(25(52)17(8-44)60-37)65-35-21(40-13(4)48)27(54)30(18(9-45)61-35)62-36-28(55)32(24(51)16(7-43)59-36)64-34-20(39-12(3)47)26(53)22(49)14(5-41)58-34/h10,14-37,41-45,49-56H,5-9H2,1-4H3,(H,38,46)(H,39,47)(H,40,48)/t10-,14?,15?,16?,17?,18?,19?,20?,21?,22+,23-,24-,25-,26+,27+,28?,29?,30+,31+,32-,33-,34-,35-,36-,37-/m0/s1. The molecule has 5 aliphatic rings. The van der Waals surface area contributed by atoms with Crippen LogP contribution < -0.4 is 16.0 Å². The van der Waals surface area contributed by atoms with E-state index in [1.54, 1.807) is 0 Å². The third kappa shape index (κ3) is 11.9. The molecule has 5 saturated heterocycles.